The van der Waals surface area contributed by atoms with Gasteiger partial charge in [0.2, 0.25) is 11.8 Å². The molecule has 3 rings (SSSR count). The third-order valence-corrected chi connectivity index (χ3v) is 4.90. The molecule has 1 aliphatic rings. The van der Waals surface area contributed by atoms with Crippen LogP contribution in [0.25, 0.3) is 0 Å². The van der Waals surface area contributed by atoms with Gasteiger partial charge in [-0.1, -0.05) is 19.3 Å². The SMILES string of the molecule is CC(=O)Nc1ccc(N=C(C)c2c(O)n(C3CCCCC3)c(=O)[nH]c2=O)cc1. The third-order valence-electron chi connectivity index (χ3n) is 4.90. The molecule has 28 heavy (non-hydrogen) atoms. The molecular weight excluding hydrogens is 360 g/mol. The van der Waals surface area contributed by atoms with Gasteiger partial charge in [-0.2, -0.15) is 0 Å². The summed E-state index contributed by atoms with van der Waals surface area (Å²) in [4.78, 5) is 42.4. The predicted octanol–water partition coefficient (Wildman–Crippen LogP) is 2.85. The molecule has 1 heterocycles. The molecule has 8 heteroatoms. The number of amides is 1. The molecule has 1 aliphatic carbocycles. The first-order valence-corrected chi connectivity index (χ1v) is 9.38. The second kappa shape index (κ2) is 8.24. The number of nitrogens with one attached hydrogen (secondary N) is 2. The fourth-order valence-corrected chi connectivity index (χ4v) is 3.61. The average Bonchev–Trinajstić information content (AvgIpc) is 2.63. The van der Waals surface area contributed by atoms with Gasteiger partial charge in [0.25, 0.3) is 5.56 Å². The van der Waals surface area contributed by atoms with E-state index in [4.69, 9.17) is 0 Å². The standard InChI is InChI=1S/C20H24N4O4/c1-12(21-14-8-10-15(11-9-14)22-13(2)25)17-18(26)23-20(28)24(19(17)27)16-6-4-3-5-7-16/h8-11,16,27H,3-7H2,1-2H3,(H,22,25)(H,23,26,28). The van der Waals surface area contributed by atoms with Crippen molar-refractivity contribution in [3.63, 3.8) is 0 Å². The minimum absolute atomic E-state index is 0.00360. The summed E-state index contributed by atoms with van der Waals surface area (Å²) < 4.78 is 1.29. The number of H-pyrrole nitrogens is 1. The maximum atomic E-state index is 12.3. The van der Waals surface area contributed by atoms with Crippen LogP contribution in [0, 0.1) is 0 Å². The summed E-state index contributed by atoms with van der Waals surface area (Å²) in [5.41, 5.74) is 0.236. The Morgan fingerprint density at radius 1 is 1.14 bits per heavy atom. The molecule has 2 aromatic rings. The number of aromatic amines is 1. The van der Waals surface area contributed by atoms with Crippen LogP contribution in [0.2, 0.25) is 0 Å². The number of aromatic hydroxyl groups is 1. The summed E-state index contributed by atoms with van der Waals surface area (Å²) in [7, 11) is 0. The Kier molecular flexibility index (Phi) is 5.77. The lowest BCUT2D eigenvalue weighted by molar-refractivity contribution is -0.114. The van der Waals surface area contributed by atoms with Gasteiger partial charge in [-0.25, -0.2) is 4.79 Å². The van der Waals surface area contributed by atoms with E-state index in [9.17, 15) is 19.5 Å². The van der Waals surface area contributed by atoms with Gasteiger partial charge in [0, 0.05) is 18.7 Å². The van der Waals surface area contributed by atoms with Crippen molar-refractivity contribution in [2.75, 3.05) is 5.32 Å². The lowest BCUT2D eigenvalue weighted by atomic mass is 9.95. The maximum absolute atomic E-state index is 12.3. The van der Waals surface area contributed by atoms with Gasteiger partial charge < -0.3 is 10.4 Å². The lowest BCUT2D eigenvalue weighted by Gasteiger charge is -2.25. The van der Waals surface area contributed by atoms with Gasteiger partial charge in [-0.3, -0.25) is 24.1 Å². The maximum Gasteiger partial charge on any atom is 0.331 e. The van der Waals surface area contributed by atoms with E-state index in [1.54, 1.807) is 31.2 Å². The number of aliphatic imine (C=N–C) groups is 1. The first-order chi connectivity index (χ1) is 13.4. The highest BCUT2D eigenvalue weighted by molar-refractivity contribution is 6.01. The fraction of sp³-hybridized carbons (Fsp3) is 0.400. The number of carbonyl (C=O) groups excluding carboxylic acids is 1. The third kappa shape index (κ3) is 4.21. The Balaban J connectivity index is 1.97. The second-order valence-corrected chi connectivity index (χ2v) is 7.04. The molecule has 1 aromatic carbocycles. The minimum Gasteiger partial charge on any atom is -0.494 e. The number of hydrogen-bond donors (Lipinski definition) is 3. The molecule has 1 aromatic heterocycles. The second-order valence-electron chi connectivity index (χ2n) is 7.04. The minimum atomic E-state index is -0.661. The van der Waals surface area contributed by atoms with Crippen molar-refractivity contribution in [1.29, 1.82) is 0 Å². The molecule has 1 saturated carbocycles. The summed E-state index contributed by atoms with van der Waals surface area (Å²) in [6.07, 6.45) is 4.66. The number of carbonyl (C=O) groups is 1. The van der Waals surface area contributed by atoms with Crippen LogP contribution in [0.4, 0.5) is 11.4 Å². The Hall–Kier alpha value is -3.16. The summed E-state index contributed by atoms with van der Waals surface area (Å²) in [5.74, 6) is -0.509. The van der Waals surface area contributed by atoms with Crippen LogP contribution in [0.15, 0.2) is 38.8 Å². The van der Waals surface area contributed by atoms with Gasteiger partial charge in [0.1, 0.15) is 5.56 Å². The molecule has 148 valence electrons. The van der Waals surface area contributed by atoms with Crippen LogP contribution in [0.1, 0.15) is 57.6 Å². The number of aromatic nitrogens is 2. The van der Waals surface area contributed by atoms with Crippen LogP contribution < -0.4 is 16.6 Å². The molecule has 8 nitrogen and oxygen atoms in total. The molecule has 0 aliphatic heterocycles. The van der Waals surface area contributed by atoms with Crippen LogP contribution in [0.3, 0.4) is 0 Å². The molecule has 0 bridgehead atoms. The number of rotatable bonds is 4. The van der Waals surface area contributed by atoms with Crippen molar-refractivity contribution in [3.8, 4) is 5.88 Å². The van der Waals surface area contributed by atoms with Crippen LogP contribution >= 0.6 is 0 Å². The molecule has 3 N–H and O–H groups in total. The zero-order valence-electron chi connectivity index (χ0n) is 16.0. The van der Waals surface area contributed by atoms with E-state index in [0.29, 0.717) is 17.1 Å². The number of benzene rings is 1. The van der Waals surface area contributed by atoms with Gasteiger partial charge in [0.15, 0.2) is 0 Å². The number of hydrogen-bond acceptors (Lipinski definition) is 5. The van der Waals surface area contributed by atoms with E-state index in [1.807, 2.05) is 0 Å². The van der Waals surface area contributed by atoms with Crippen molar-refractivity contribution in [1.82, 2.24) is 9.55 Å². The summed E-state index contributed by atoms with van der Waals surface area (Å²) >= 11 is 0. The fourth-order valence-electron chi connectivity index (χ4n) is 3.61. The van der Waals surface area contributed by atoms with Gasteiger partial charge in [-0.15, -0.1) is 0 Å². The van der Waals surface area contributed by atoms with Crippen molar-refractivity contribution in [3.05, 3.63) is 50.7 Å². The first-order valence-electron chi connectivity index (χ1n) is 9.38. The first kappa shape index (κ1) is 19.6. The highest BCUT2D eigenvalue weighted by Gasteiger charge is 2.24. The van der Waals surface area contributed by atoms with Crippen molar-refractivity contribution >= 4 is 23.0 Å². The topological polar surface area (TPSA) is 117 Å². The lowest BCUT2D eigenvalue weighted by Crippen LogP contribution is -2.36. The van der Waals surface area contributed by atoms with Crippen molar-refractivity contribution in [2.45, 2.75) is 52.0 Å². The Bertz CT molecular complexity index is 1010. The van der Waals surface area contributed by atoms with Crippen LogP contribution in [0.5, 0.6) is 5.88 Å². The van der Waals surface area contributed by atoms with Gasteiger partial charge in [0.05, 0.1) is 11.4 Å². The molecule has 1 amide bonds. The van der Waals surface area contributed by atoms with E-state index in [0.717, 1.165) is 32.1 Å². The average molecular weight is 384 g/mol. The normalized spacial score (nSPS) is 15.4. The predicted molar refractivity (Wildman–Crippen MR) is 108 cm³/mol. The highest BCUT2D eigenvalue weighted by atomic mass is 16.3. The summed E-state index contributed by atoms with van der Waals surface area (Å²) in [5, 5.41) is 13.4. The molecule has 0 saturated heterocycles. The molecule has 0 spiro atoms. The Morgan fingerprint density at radius 3 is 2.39 bits per heavy atom. The van der Waals surface area contributed by atoms with Gasteiger partial charge >= 0.3 is 5.69 Å². The number of anilines is 1. The molecular formula is C20H24N4O4. The van der Waals surface area contributed by atoms with Crippen molar-refractivity contribution in [2.24, 2.45) is 4.99 Å². The monoisotopic (exact) mass is 384 g/mol. The van der Waals surface area contributed by atoms with Gasteiger partial charge in [-0.05, 0) is 44.0 Å². The number of nitrogens with zero attached hydrogens (tertiary/aromatic N) is 2. The van der Waals surface area contributed by atoms with E-state index in [1.165, 1.54) is 11.5 Å². The molecule has 0 unspecified atom stereocenters. The van der Waals surface area contributed by atoms with E-state index in [2.05, 4.69) is 15.3 Å². The largest absolute Gasteiger partial charge is 0.494 e. The zero-order valence-corrected chi connectivity index (χ0v) is 16.0. The Morgan fingerprint density at radius 2 is 1.79 bits per heavy atom. The summed E-state index contributed by atoms with van der Waals surface area (Å²) in [6.45, 7) is 3.04. The van der Waals surface area contributed by atoms with E-state index in [-0.39, 0.29) is 23.4 Å². The smallest absolute Gasteiger partial charge is 0.331 e. The zero-order chi connectivity index (χ0) is 20.3. The molecule has 0 radical (unpaired) electrons. The van der Waals surface area contributed by atoms with Crippen LogP contribution in [-0.4, -0.2) is 26.3 Å². The summed E-state index contributed by atoms with van der Waals surface area (Å²) in [6, 6.07) is 6.65. The molecule has 0 atom stereocenters. The quantitative estimate of drug-likeness (QED) is 0.703. The van der Waals surface area contributed by atoms with Crippen molar-refractivity contribution < 1.29 is 9.90 Å². The Labute approximate surface area is 162 Å². The van der Waals surface area contributed by atoms with E-state index >= 15 is 0 Å². The molecule has 1 fully saturated rings. The van der Waals surface area contributed by atoms with Crippen LogP contribution in [-0.2, 0) is 4.79 Å². The van der Waals surface area contributed by atoms with E-state index < -0.39 is 11.2 Å². The highest BCUT2D eigenvalue weighted by Crippen LogP contribution is 2.30.